The zero-order valence-electron chi connectivity index (χ0n) is 35.1. The molecular weight excluding hydrogens is 750 g/mol. The van der Waals surface area contributed by atoms with E-state index in [9.17, 15) is 29.4 Å². The fourth-order valence-electron chi connectivity index (χ4n) is 7.00. The summed E-state index contributed by atoms with van der Waals surface area (Å²) in [6, 6.07) is 13.8. The van der Waals surface area contributed by atoms with E-state index >= 15 is 0 Å². The highest BCUT2D eigenvalue weighted by molar-refractivity contribution is 5.93. The number of aromatic amines is 1. The molecule has 0 saturated carbocycles. The Morgan fingerprint density at radius 2 is 1.47 bits per heavy atom. The average Bonchev–Trinajstić information content (AvgIpc) is 3.85. The highest BCUT2D eigenvalue weighted by Crippen LogP contribution is 2.44. The first kappa shape index (κ1) is 44.1. The summed E-state index contributed by atoms with van der Waals surface area (Å²) < 4.78 is 30.8. The molecule has 4 aromatic rings. The predicted molar refractivity (Wildman–Crippen MR) is 214 cm³/mol. The largest absolute Gasteiger partial charge is 0.479 e. The lowest BCUT2D eigenvalue weighted by Gasteiger charge is -2.40. The van der Waals surface area contributed by atoms with Crippen LogP contribution < -0.4 is 0 Å². The maximum Gasteiger partial charge on any atom is 0.419 e. The lowest BCUT2D eigenvalue weighted by molar-refractivity contribution is -0.179. The number of carbonyl (C=O) groups excluding carboxylic acids is 3. The number of carboxylic acid groups (broad SMARTS) is 1. The van der Waals surface area contributed by atoms with Crippen LogP contribution in [0.15, 0.2) is 60.9 Å². The molecule has 15 nitrogen and oxygen atoms in total. The number of nitrogens with one attached hydrogen (secondary N) is 1. The molecule has 0 bridgehead atoms. The van der Waals surface area contributed by atoms with Gasteiger partial charge in [0.2, 0.25) is 11.9 Å². The fourth-order valence-corrected chi connectivity index (χ4v) is 7.00. The number of rotatable bonds is 7. The predicted octanol–water partition coefficient (Wildman–Crippen LogP) is 6.54. The first-order chi connectivity index (χ1) is 26.7. The molecule has 2 aromatic carbocycles. The Morgan fingerprint density at radius 1 is 0.879 bits per heavy atom. The van der Waals surface area contributed by atoms with Crippen molar-refractivity contribution in [2.75, 3.05) is 6.61 Å². The molecule has 2 saturated heterocycles. The first-order valence-electron chi connectivity index (χ1n) is 19.3. The number of para-hydroxylation sites is 2. The lowest BCUT2D eigenvalue weighted by Crippen LogP contribution is -2.62. The number of benzene rings is 2. The van der Waals surface area contributed by atoms with Crippen molar-refractivity contribution < 1.29 is 58.2 Å². The second kappa shape index (κ2) is 16.0. The molecule has 2 aromatic heterocycles. The molecule has 2 fully saturated rings. The molecule has 5 unspecified atom stereocenters. The molecule has 4 N–H and O–H groups in total. The monoisotopic (exact) mass is 807 g/mol. The Bertz CT molecular complexity index is 2150. The van der Waals surface area contributed by atoms with Crippen molar-refractivity contribution in [3.05, 3.63) is 72.1 Å². The van der Waals surface area contributed by atoms with Gasteiger partial charge in [-0.25, -0.2) is 19.2 Å². The summed E-state index contributed by atoms with van der Waals surface area (Å²) >= 11 is 0. The van der Waals surface area contributed by atoms with Gasteiger partial charge in [0.05, 0.1) is 18.2 Å². The molecule has 58 heavy (non-hydrogen) atoms. The number of aromatic nitrogens is 2. The Kier molecular flexibility index (Phi) is 12.2. The number of H-pyrrole nitrogens is 1. The van der Waals surface area contributed by atoms with Gasteiger partial charge >= 0.3 is 24.1 Å². The zero-order chi connectivity index (χ0) is 43.2. The maximum atomic E-state index is 13.9. The molecular formula is C43H57N3O12. The highest BCUT2D eigenvalue weighted by atomic mass is 16.8. The van der Waals surface area contributed by atoms with Gasteiger partial charge in [-0.1, -0.05) is 57.2 Å². The van der Waals surface area contributed by atoms with E-state index in [0.29, 0.717) is 16.5 Å². The van der Waals surface area contributed by atoms with Gasteiger partial charge in [-0.3, -0.25) is 9.47 Å². The molecule has 316 valence electrons. The average molecular weight is 808 g/mol. The molecule has 15 heteroatoms. The number of esters is 1. The molecule has 1 amide bonds. The summed E-state index contributed by atoms with van der Waals surface area (Å²) in [6.07, 6.45) is -1.92. The summed E-state index contributed by atoms with van der Waals surface area (Å²) in [5.74, 6) is -1.97. The molecule has 4 heterocycles. The lowest BCUT2D eigenvalue weighted by atomic mass is 9.84. The van der Waals surface area contributed by atoms with E-state index in [4.69, 9.17) is 28.8 Å². The topological polar surface area (TPSA) is 199 Å². The fraction of sp³-hybridized carbons (Fsp3) is 0.535. The van der Waals surface area contributed by atoms with Crippen molar-refractivity contribution >= 4 is 45.9 Å². The van der Waals surface area contributed by atoms with Crippen molar-refractivity contribution in [2.24, 2.45) is 5.41 Å². The van der Waals surface area contributed by atoms with Gasteiger partial charge in [-0.2, -0.15) is 0 Å². The van der Waals surface area contributed by atoms with Gasteiger partial charge in [-0.05, 0) is 78.6 Å². The van der Waals surface area contributed by atoms with Gasteiger partial charge < -0.3 is 44.0 Å². The smallest absolute Gasteiger partial charge is 0.419 e. The third kappa shape index (κ3) is 9.49. The third-order valence-electron chi connectivity index (χ3n) is 9.75. The van der Waals surface area contributed by atoms with Gasteiger partial charge in [0.15, 0.2) is 6.10 Å². The number of aliphatic hydroxyl groups excluding tert-OH is 2. The minimum atomic E-state index is -1.95. The number of fused-ring (bicyclic) bond motifs is 2. The molecule has 0 spiro atoms. The summed E-state index contributed by atoms with van der Waals surface area (Å²) in [7, 11) is 0. The SMILES string of the molecule is CC(C)(C)OC(=O)N1C(C(O)C2(Cc3cn(C(=O)OC(C)(C)C)c4ccccc34)OC(C(C)(C)C)OC2=O)COC1(C)C.O=C(O)C(O)Cc1c[nH]c2ccccc12. The number of carbonyl (C=O) groups is 4. The van der Waals surface area contributed by atoms with Crippen LogP contribution in [0.1, 0.15) is 87.3 Å². The third-order valence-corrected chi connectivity index (χ3v) is 9.75. The maximum absolute atomic E-state index is 13.9. The van der Waals surface area contributed by atoms with Crippen LogP contribution in [0.4, 0.5) is 9.59 Å². The van der Waals surface area contributed by atoms with Crippen molar-refractivity contribution in [3.63, 3.8) is 0 Å². The number of hydrogen-bond acceptors (Lipinski definition) is 11. The van der Waals surface area contributed by atoms with Crippen molar-refractivity contribution in [1.82, 2.24) is 14.5 Å². The second-order valence-corrected chi connectivity index (χ2v) is 18.3. The van der Waals surface area contributed by atoms with Crippen molar-refractivity contribution in [3.8, 4) is 0 Å². The number of aliphatic hydroxyl groups is 2. The van der Waals surface area contributed by atoms with Gasteiger partial charge in [0.1, 0.15) is 23.0 Å². The summed E-state index contributed by atoms with van der Waals surface area (Å²) in [6.45, 7) is 19.4. The number of nitrogens with zero attached hydrogens (tertiary/aromatic N) is 2. The normalized spacial score (nSPS) is 21.9. The summed E-state index contributed by atoms with van der Waals surface area (Å²) in [5.41, 5.74) is -2.39. The van der Waals surface area contributed by atoms with Crippen molar-refractivity contribution in [2.45, 2.75) is 136 Å². The zero-order valence-corrected chi connectivity index (χ0v) is 35.1. The van der Waals surface area contributed by atoms with E-state index in [1.807, 2.05) is 57.2 Å². The first-order valence-corrected chi connectivity index (χ1v) is 19.3. The Balaban J connectivity index is 0.000000355. The van der Waals surface area contributed by atoms with Gasteiger partial charge in [-0.15, -0.1) is 0 Å². The van der Waals surface area contributed by atoms with Crippen LogP contribution in [-0.4, -0.2) is 108 Å². The summed E-state index contributed by atoms with van der Waals surface area (Å²) in [4.78, 5) is 55.4. The van der Waals surface area contributed by atoms with Gasteiger partial charge in [0.25, 0.3) is 0 Å². The van der Waals surface area contributed by atoms with Gasteiger partial charge in [0, 0.05) is 46.9 Å². The standard InChI is InChI=1S/C32H46N2O9.C11H11NO3/c1-28(2,3)25-40-24(36)32(41-25,23(35)22-18-39-31(10,11)34(22)27(38)43-30(7,8)9)16-19-17-33(26(37)42-29(4,5)6)21-15-13-12-14-20(19)21;13-10(11(14)15)5-7-6-12-9-4-2-1-3-8(7)9/h12-15,17,22-23,25,35H,16,18H2,1-11H3;1-4,6,10,12-13H,5H2,(H,14,15). The minimum Gasteiger partial charge on any atom is -0.479 e. The molecule has 0 aliphatic carbocycles. The van der Waals surface area contributed by atoms with E-state index in [0.717, 1.165) is 16.5 Å². The van der Waals surface area contributed by atoms with Crippen LogP contribution >= 0.6 is 0 Å². The van der Waals surface area contributed by atoms with Crippen LogP contribution in [0.2, 0.25) is 0 Å². The van der Waals surface area contributed by atoms with Crippen LogP contribution in [0.25, 0.3) is 21.8 Å². The van der Waals surface area contributed by atoms with Crippen LogP contribution in [0.3, 0.4) is 0 Å². The second-order valence-electron chi connectivity index (χ2n) is 18.3. The van der Waals surface area contributed by atoms with E-state index in [1.54, 1.807) is 79.9 Å². The Morgan fingerprint density at radius 3 is 2.05 bits per heavy atom. The minimum absolute atomic E-state index is 0.0777. The number of aliphatic carboxylic acids is 1. The van der Waals surface area contributed by atoms with Crippen LogP contribution in [0, 0.1) is 5.41 Å². The number of amides is 1. The number of carboxylic acids is 1. The Labute approximate surface area is 338 Å². The van der Waals surface area contributed by atoms with Crippen LogP contribution in [-0.2, 0) is 46.1 Å². The van der Waals surface area contributed by atoms with E-state index in [-0.39, 0.29) is 19.4 Å². The molecule has 5 atom stereocenters. The molecule has 2 aliphatic rings. The molecule has 6 rings (SSSR count). The van der Waals surface area contributed by atoms with E-state index in [1.165, 1.54) is 9.47 Å². The molecule has 2 aliphatic heterocycles. The molecule has 0 radical (unpaired) electrons. The van der Waals surface area contributed by atoms with E-state index < -0.39 is 76.6 Å². The Hall–Kier alpha value is -4.96. The summed E-state index contributed by atoms with van der Waals surface area (Å²) in [5, 5.41) is 31.6. The quantitative estimate of drug-likeness (QED) is 0.116. The van der Waals surface area contributed by atoms with Crippen molar-refractivity contribution in [1.29, 1.82) is 0 Å². The van der Waals surface area contributed by atoms with Crippen LogP contribution in [0.5, 0.6) is 0 Å². The number of hydrogen-bond donors (Lipinski definition) is 4. The van der Waals surface area contributed by atoms with E-state index in [2.05, 4.69) is 4.98 Å². The number of ether oxygens (including phenoxy) is 5. The number of cyclic esters (lactones) is 1. The highest BCUT2D eigenvalue weighted by Gasteiger charge is 2.63.